The Bertz CT molecular complexity index is 973. The third-order valence-electron chi connectivity index (χ3n) is 3.41. The minimum Gasteiger partial charge on any atom is -0.497 e. The first-order valence-electron chi connectivity index (χ1n) is 7.09. The first-order valence-corrected chi connectivity index (χ1v) is 7.88. The molecule has 122 valence electrons. The van der Waals surface area contributed by atoms with E-state index in [2.05, 4.69) is 15.9 Å². The van der Waals surface area contributed by atoms with Crippen molar-refractivity contribution in [3.8, 4) is 22.8 Å². The molecule has 0 N–H and O–H groups in total. The summed E-state index contributed by atoms with van der Waals surface area (Å²) in [5.74, 6) is 0.150. The van der Waals surface area contributed by atoms with Crippen LogP contribution in [-0.2, 0) is 4.79 Å². The Morgan fingerprint density at radius 2 is 1.83 bits per heavy atom. The van der Waals surface area contributed by atoms with Crippen molar-refractivity contribution in [3.05, 3.63) is 57.2 Å². The normalized spacial score (nSPS) is 10.6. The molecule has 5 nitrogen and oxygen atoms in total. The van der Waals surface area contributed by atoms with E-state index >= 15 is 0 Å². The van der Waals surface area contributed by atoms with Crippen LogP contribution in [0.4, 0.5) is 0 Å². The zero-order valence-electron chi connectivity index (χ0n) is 13.0. The number of halogens is 1. The second-order valence-corrected chi connectivity index (χ2v) is 5.97. The van der Waals surface area contributed by atoms with Gasteiger partial charge in [0.25, 0.3) is 0 Å². The van der Waals surface area contributed by atoms with Gasteiger partial charge in [0, 0.05) is 17.0 Å². The SMILES string of the molecule is COc1ccc(-c2oc3ccc(Br)cc3c(=O)c2OC(C)=O)cc1. The fourth-order valence-electron chi connectivity index (χ4n) is 2.32. The van der Waals surface area contributed by atoms with Gasteiger partial charge in [-0.25, -0.2) is 0 Å². The molecule has 3 aromatic rings. The van der Waals surface area contributed by atoms with Gasteiger partial charge in [-0.2, -0.15) is 0 Å². The summed E-state index contributed by atoms with van der Waals surface area (Å²) in [6.07, 6.45) is 0. The van der Waals surface area contributed by atoms with E-state index in [0.29, 0.717) is 22.3 Å². The summed E-state index contributed by atoms with van der Waals surface area (Å²) in [5.41, 5.74) is 0.609. The maximum atomic E-state index is 12.8. The molecule has 0 atom stereocenters. The first-order chi connectivity index (χ1) is 11.5. The monoisotopic (exact) mass is 388 g/mol. The Morgan fingerprint density at radius 1 is 1.12 bits per heavy atom. The predicted molar refractivity (Wildman–Crippen MR) is 93.5 cm³/mol. The Balaban J connectivity index is 2.29. The van der Waals surface area contributed by atoms with Gasteiger partial charge < -0.3 is 13.9 Å². The summed E-state index contributed by atoms with van der Waals surface area (Å²) in [7, 11) is 1.56. The summed E-state index contributed by atoms with van der Waals surface area (Å²) in [5, 5.41) is 0.331. The fraction of sp³-hybridized carbons (Fsp3) is 0.111. The first kappa shape index (κ1) is 16.3. The van der Waals surface area contributed by atoms with E-state index in [0.717, 1.165) is 4.47 Å². The lowest BCUT2D eigenvalue weighted by atomic mass is 10.1. The Morgan fingerprint density at radius 3 is 2.46 bits per heavy atom. The lowest BCUT2D eigenvalue weighted by molar-refractivity contribution is -0.131. The lowest BCUT2D eigenvalue weighted by Gasteiger charge is -2.10. The van der Waals surface area contributed by atoms with Crippen molar-refractivity contribution in [1.29, 1.82) is 0 Å². The molecule has 24 heavy (non-hydrogen) atoms. The van der Waals surface area contributed by atoms with Crippen LogP contribution in [0.5, 0.6) is 11.5 Å². The fourth-order valence-corrected chi connectivity index (χ4v) is 2.68. The van der Waals surface area contributed by atoms with Crippen molar-refractivity contribution < 1.29 is 18.7 Å². The Kier molecular flexibility index (Phi) is 4.40. The van der Waals surface area contributed by atoms with Crippen molar-refractivity contribution >= 4 is 32.9 Å². The second-order valence-electron chi connectivity index (χ2n) is 5.05. The molecule has 1 heterocycles. The molecule has 0 aliphatic rings. The number of fused-ring (bicyclic) bond motifs is 1. The van der Waals surface area contributed by atoms with Crippen LogP contribution in [0.3, 0.4) is 0 Å². The third kappa shape index (κ3) is 3.05. The van der Waals surface area contributed by atoms with Gasteiger partial charge in [-0.3, -0.25) is 9.59 Å². The van der Waals surface area contributed by atoms with Crippen molar-refractivity contribution in [1.82, 2.24) is 0 Å². The summed E-state index contributed by atoms with van der Waals surface area (Å²) in [6, 6.07) is 12.0. The molecule has 0 aliphatic carbocycles. The maximum Gasteiger partial charge on any atom is 0.308 e. The van der Waals surface area contributed by atoms with Gasteiger partial charge in [-0.15, -0.1) is 0 Å². The number of benzene rings is 2. The molecule has 6 heteroatoms. The molecule has 0 spiro atoms. The molecular weight excluding hydrogens is 376 g/mol. The largest absolute Gasteiger partial charge is 0.497 e. The van der Waals surface area contributed by atoms with Crippen LogP contribution in [0.15, 0.2) is 56.1 Å². The third-order valence-corrected chi connectivity index (χ3v) is 3.90. The van der Waals surface area contributed by atoms with Gasteiger partial charge >= 0.3 is 5.97 Å². The standard InChI is InChI=1S/C18H13BrO5/c1-10(20)23-18-16(21)14-9-12(19)5-8-15(14)24-17(18)11-3-6-13(22-2)7-4-11/h3-9H,1-2H3. The summed E-state index contributed by atoms with van der Waals surface area (Å²) in [4.78, 5) is 24.2. The smallest absolute Gasteiger partial charge is 0.308 e. The predicted octanol–water partition coefficient (Wildman–Crippen LogP) is 4.16. The molecule has 0 saturated carbocycles. The lowest BCUT2D eigenvalue weighted by Crippen LogP contribution is -2.13. The molecule has 2 aromatic carbocycles. The molecule has 0 bridgehead atoms. The van der Waals surface area contributed by atoms with Gasteiger partial charge in [0.1, 0.15) is 11.3 Å². The summed E-state index contributed by atoms with van der Waals surface area (Å²) >= 11 is 3.32. The number of rotatable bonds is 3. The minimum absolute atomic E-state index is 0.127. The van der Waals surface area contributed by atoms with Gasteiger partial charge in [0.2, 0.25) is 11.2 Å². The van der Waals surface area contributed by atoms with E-state index in [9.17, 15) is 9.59 Å². The Labute approximate surface area is 145 Å². The van der Waals surface area contributed by atoms with Gasteiger partial charge in [-0.1, -0.05) is 15.9 Å². The number of carbonyl (C=O) groups excluding carboxylic acids is 1. The van der Waals surface area contributed by atoms with Crippen LogP contribution in [0.1, 0.15) is 6.92 Å². The van der Waals surface area contributed by atoms with Crippen molar-refractivity contribution in [2.24, 2.45) is 0 Å². The van der Waals surface area contributed by atoms with Gasteiger partial charge in [0.05, 0.1) is 12.5 Å². The molecule has 0 fully saturated rings. The van der Waals surface area contributed by atoms with Gasteiger partial charge in [0.15, 0.2) is 5.76 Å². The van der Waals surface area contributed by atoms with Crippen molar-refractivity contribution in [3.63, 3.8) is 0 Å². The molecule has 1 aromatic heterocycles. The molecule has 0 saturated heterocycles. The quantitative estimate of drug-likeness (QED) is 0.630. The number of ether oxygens (including phenoxy) is 2. The van der Waals surface area contributed by atoms with Crippen LogP contribution in [-0.4, -0.2) is 13.1 Å². The number of esters is 1. The van der Waals surface area contributed by atoms with Crippen molar-refractivity contribution in [2.45, 2.75) is 6.92 Å². The molecule has 0 aliphatic heterocycles. The minimum atomic E-state index is -0.591. The van der Waals surface area contributed by atoms with E-state index < -0.39 is 11.4 Å². The molecule has 3 rings (SSSR count). The van der Waals surface area contributed by atoms with E-state index in [1.54, 1.807) is 49.6 Å². The summed E-state index contributed by atoms with van der Waals surface area (Å²) in [6.45, 7) is 1.24. The van der Waals surface area contributed by atoms with E-state index in [-0.39, 0.29) is 11.5 Å². The maximum absolute atomic E-state index is 12.8. The van der Waals surface area contributed by atoms with E-state index in [1.807, 2.05) is 0 Å². The summed E-state index contributed by atoms with van der Waals surface area (Å²) < 4.78 is 16.8. The average molecular weight is 389 g/mol. The molecular formula is C18H13BrO5. The van der Waals surface area contributed by atoms with Gasteiger partial charge in [-0.05, 0) is 42.5 Å². The highest BCUT2D eigenvalue weighted by Crippen LogP contribution is 2.32. The molecule has 0 unspecified atom stereocenters. The number of methoxy groups -OCH3 is 1. The average Bonchev–Trinajstić information content (AvgIpc) is 2.57. The molecule has 0 amide bonds. The van der Waals surface area contributed by atoms with E-state index in [1.165, 1.54) is 6.92 Å². The topological polar surface area (TPSA) is 65.7 Å². The van der Waals surface area contributed by atoms with E-state index in [4.69, 9.17) is 13.9 Å². The zero-order chi connectivity index (χ0) is 17.3. The van der Waals surface area contributed by atoms with Crippen LogP contribution in [0, 0.1) is 0 Å². The van der Waals surface area contributed by atoms with Crippen LogP contribution in [0.2, 0.25) is 0 Å². The zero-order valence-corrected chi connectivity index (χ0v) is 14.5. The highest BCUT2D eigenvalue weighted by molar-refractivity contribution is 9.10. The van der Waals surface area contributed by atoms with Crippen molar-refractivity contribution in [2.75, 3.05) is 7.11 Å². The number of hydrogen-bond acceptors (Lipinski definition) is 5. The Hall–Kier alpha value is -2.60. The van der Waals surface area contributed by atoms with Crippen LogP contribution < -0.4 is 14.9 Å². The van der Waals surface area contributed by atoms with Crippen LogP contribution in [0.25, 0.3) is 22.3 Å². The highest BCUT2D eigenvalue weighted by atomic mass is 79.9. The van der Waals surface area contributed by atoms with Crippen LogP contribution >= 0.6 is 15.9 Å². The highest BCUT2D eigenvalue weighted by Gasteiger charge is 2.19. The molecule has 0 radical (unpaired) electrons. The number of hydrogen-bond donors (Lipinski definition) is 0. The second kappa shape index (κ2) is 6.49. The number of carbonyl (C=O) groups is 1.